The van der Waals surface area contributed by atoms with Crippen molar-refractivity contribution in [1.82, 2.24) is 5.43 Å². The van der Waals surface area contributed by atoms with E-state index < -0.39 is 40.7 Å². The van der Waals surface area contributed by atoms with Gasteiger partial charge in [0.25, 0.3) is 0 Å². The molecule has 0 spiro atoms. The Morgan fingerprint density at radius 2 is 1.47 bits per heavy atom. The number of hydrogen-bond acceptors (Lipinski definition) is 3. The number of nitrogens with two attached hydrogens (primary N) is 1. The van der Waals surface area contributed by atoms with Gasteiger partial charge in [-0.2, -0.15) is 0 Å². The number of thiophene rings is 1. The van der Waals surface area contributed by atoms with E-state index in [4.69, 9.17) is 5.84 Å². The third-order valence-electron chi connectivity index (χ3n) is 2.53. The molecule has 3 N–H and O–H groups in total. The Labute approximate surface area is 108 Å². The maximum absolute atomic E-state index is 13.6. The van der Waals surface area contributed by atoms with Crippen molar-refractivity contribution in [2.75, 3.05) is 0 Å². The first-order valence-electron chi connectivity index (χ1n) is 4.99. The smallest absolute Gasteiger partial charge is 0.200 e. The van der Waals surface area contributed by atoms with Crippen molar-refractivity contribution in [3.05, 3.63) is 57.0 Å². The lowest BCUT2D eigenvalue weighted by Gasteiger charge is -2.17. The van der Waals surface area contributed by atoms with Gasteiger partial charge in [0.05, 0.1) is 11.6 Å². The van der Waals surface area contributed by atoms with Gasteiger partial charge in [-0.05, 0) is 11.4 Å². The standard InChI is InChI=1S/C11H7F5N2S/c12-6-5(7(13)9(15)10(16)8(6)14)11(18-17)4-2-1-3-19-4/h1-3,11,18H,17H2. The molecule has 1 aromatic carbocycles. The quantitative estimate of drug-likeness (QED) is 0.300. The summed E-state index contributed by atoms with van der Waals surface area (Å²) in [5.74, 6) is -4.82. The Bertz CT molecular complexity index is 571. The molecule has 0 saturated heterocycles. The van der Waals surface area contributed by atoms with Crippen LogP contribution in [0.4, 0.5) is 22.0 Å². The number of hydrazine groups is 1. The SMILES string of the molecule is NNC(c1cccs1)c1c(F)c(F)c(F)c(F)c1F. The summed E-state index contributed by atoms with van der Waals surface area (Å²) in [6.07, 6.45) is 0. The number of nitrogens with one attached hydrogen (secondary N) is 1. The van der Waals surface area contributed by atoms with Crippen molar-refractivity contribution in [3.8, 4) is 0 Å². The van der Waals surface area contributed by atoms with Crippen molar-refractivity contribution >= 4 is 11.3 Å². The number of rotatable bonds is 3. The van der Waals surface area contributed by atoms with E-state index in [1.165, 1.54) is 6.07 Å². The molecular weight excluding hydrogens is 287 g/mol. The third kappa shape index (κ3) is 2.22. The number of benzene rings is 1. The minimum Gasteiger partial charge on any atom is -0.271 e. The lowest BCUT2D eigenvalue weighted by Crippen LogP contribution is -2.30. The fourth-order valence-corrected chi connectivity index (χ4v) is 2.43. The van der Waals surface area contributed by atoms with Crippen LogP contribution in [-0.4, -0.2) is 0 Å². The van der Waals surface area contributed by atoms with Crippen molar-refractivity contribution in [1.29, 1.82) is 0 Å². The van der Waals surface area contributed by atoms with Crippen LogP contribution in [0.5, 0.6) is 0 Å². The Morgan fingerprint density at radius 1 is 0.947 bits per heavy atom. The summed E-state index contributed by atoms with van der Waals surface area (Å²) in [7, 11) is 0. The van der Waals surface area contributed by atoms with E-state index in [1.54, 1.807) is 11.4 Å². The van der Waals surface area contributed by atoms with Crippen LogP contribution < -0.4 is 11.3 Å². The average Bonchev–Trinajstić information content (AvgIpc) is 2.93. The molecule has 0 radical (unpaired) electrons. The largest absolute Gasteiger partial charge is 0.271 e. The molecule has 0 amide bonds. The summed E-state index contributed by atoms with van der Waals surface area (Å²) in [6.45, 7) is 0. The number of hydrogen-bond donors (Lipinski definition) is 2. The minimum atomic E-state index is -2.19. The van der Waals surface area contributed by atoms with Crippen LogP contribution >= 0.6 is 11.3 Å². The lowest BCUT2D eigenvalue weighted by atomic mass is 10.0. The second kappa shape index (κ2) is 5.24. The van der Waals surface area contributed by atoms with E-state index in [1.807, 2.05) is 0 Å². The van der Waals surface area contributed by atoms with Gasteiger partial charge in [0.2, 0.25) is 5.82 Å². The van der Waals surface area contributed by atoms with Gasteiger partial charge in [0.15, 0.2) is 23.3 Å². The zero-order valence-electron chi connectivity index (χ0n) is 9.18. The summed E-state index contributed by atoms with van der Waals surface area (Å²) in [4.78, 5) is 0.325. The van der Waals surface area contributed by atoms with E-state index in [9.17, 15) is 22.0 Å². The minimum absolute atomic E-state index is 0.325. The second-order valence-electron chi connectivity index (χ2n) is 3.60. The van der Waals surface area contributed by atoms with Crippen molar-refractivity contribution in [2.24, 2.45) is 5.84 Å². The molecule has 0 fully saturated rings. The Balaban J connectivity index is 2.68. The van der Waals surface area contributed by atoms with Gasteiger partial charge in [-0.25, -0.2) is 27.4 Å². The number of halogens is 5. The summed E-state index contributed by atoms with van der Waals surface area (Å²) in [5.41, 5.74) is 1.05. The second-order valence-corrected chi connectivity index (χ2v) is 4.58. The Kier molecular flexibility index (Phi) is 3.83. The molecule has 0 aliphatic carbocycles. The first-order chi connectivity index (χ1) is 8.99. The zero-order valence-corrected chi connectivity index (χ0v) is 10.0. The topological polar surface area (TPSA) is 38.0 Å². The van der Waals surface area contributed by atoms with Crippen LogP contribution in [0.15, 0.2) is 17.5 Å². The first-order valence-corrected chi connectivity index (χ1v) is 5.87. The highest BCUT2D eigenvalue weighted by atomic mass is 32.1. The summed E-state index contributed by atoms with van der Waals surface area (Å²) in [6, 6.07) is 1.72. The summed E-state index contributed by atoms with van der Waals surface area (Å²) >= 11 is 1.07. The molecule has 1 unspecified atom stereocenters. The molecule has 102 valence electrons. The molecule has 2 rings (SSSR count). The Morgan fingerprint density at radius 3 is 1.89 bits per heavy atom. The fourth-order valence-electron chi connectivity index (χ4n) is 1.64. The van der Waals surface area contributed by atoms with Crippen LogP contribution in [0.25, 0.3) is 0 Å². The van der Waals surface area contributed by atoms with Gasteiger partial charge in [0.1, 0.15) is 0 Å². The summed E-state index contributed by atoms with van der Waals surface area (Å²) in [5, 5.41) is 1.59. The third-order valence-corrected chi connectivity index (χ3v) is 3.46. The molecule has 0 bridgehead atoms. The van der Waals surface area contributed by atoms with Gasteiger partial charge in [-0.3, -0.25) is 5.84 Å². The van der Waals surface area contributed by atoms with Gasteiger partial charge in [-0.1, -0.05) is 6.07 Å². The highest BCUT2D eigenvalue weighted by molar-refractivity contribution is 7.10. The van der Waals surface area contributed by atoms with E-state index >= 15 is 0 Å². The molecule has 8 heteroatoms. The molecule has 2 nitrogen and oxygen atoms in total. The molecule has 0 saturated carbocycles. The average molecular weight is 294 g/mol. The monoisotopic (exact) mass is 294 g/mol. The molecule has 19 heavy (non-hydrogen) atoms. The molecular formula is C11H7F5N2S. The van der Waals surface area contributed by atoms with Crippen LogP contribution in [0.2, 0.25) is 0 Å². The van der Waals surface area contributed by atoms with Crippen molar-refractivity contribution < 1.29 is 22.0 Å². The van der Waals surface area contributed by atoms with Crippen molar-refractivity contribution in [2.45, 2.75) is 6.04 Å². The van der Waals surface area contributed by atoms with E-state index in [0.717, 1.165) is 11.3 Å². The predicted octanol–water partition coefficient (Wildman–Crippen LogP) is 3.00. The van der Waals surface area contributed by atoms with Crippen LogP contribution in [-0.2, 0) is 0 Å². The highest BCUT2D eigenvalue weighted by Crippen LogP contribution is 2.32. The molecule has 0 aliphatic heterocycles. The maximum atomic E-state index is 13.6. The van der Waals surface area contributed by atoms with E-state index in [0.29, 0.717) is 4.88 Å². The normalized spacial score (nSPS) is 12.7. The molecule has 0 aliphatic rings. The predicted molar refractivity (Wildman–Crippen MR) is 59.7 cm³/mol. The molecule has 1 heterocycles. The van der Waals surface area contributed by atoms with Gasteiger partial charge < -0.3 is 0 Å². The van der Waals surface area contributed by atoms with Crippen molar-refractivity contribution in [3.63, 3.8) is 0 Å². The molecule has 2 aromatic rings. The highest BCUT2D eigenvalue weighted by Gasteiger charge is 2.31. The first kappa shape index (κ1) is 13.9. The van der Waals surface area contributed by atoms with E-state index in [-0.39, 0.29) is 0 Å². The molecule has 1 aromatic heterocycles. The van der Waals surface area contributed by atoms with Crippen LogP contribution in [0.3, 0.4) is 0 Å². The lowest BCUT2D eigenvalue weighted by molar-refractivity contribution is 0.363. The van der Waals surface area contributed by atoms with Gasteiger partial charge in [0, 0.05) is 4.88 Å². The fraction of sp³-hybridized carbons (Fsp3) is 0.0909. The summed E-state index contributed by atoms with van der Waals surface area (Å²) < 4.78 is 66.4. The molecule has 1 atom stereocenters. The Hall–Kier alpha value is -1.51. The van der Waals surface area contributed by atoms with Crippen LogP contribution in [0, 0.1) is 29.1 Å². The van der Waals surface area contributed by atoms with Gasteiger partial charge >= 0.3 is 0 Å². The van der Waals surface area contributed by atoms with E-state index in [2.05, 4.69) is 5.43 Å². The van der Waals surface area contributed by atoms with Crippen LogP contribution in [0.1, 0.15) is 16.5 Å². The van der Waals surface area contributed by atoms with Gasteiger partial charge in [-0.15, -0.1) is 11.3 Å². The zero-order chi connectivity index (χ0) is 14.2. The maximum Gasteiger partial charge on any atom is 0.200 e.